The smallest absolute Gasteiger partial charge is 0.235 e. The van der Waals surface area contributed by atoms with Crippen LogP contribution in [0.5, 0.6) is 0 Å². The van der Waals surface area contributed by atoms with Crippen molar-refractivity contribution < 1.29 is 4.79 Å². The molecular formula is C8H15NOS. The topological polar surface area (TPSA) is 20.3 Å². The van der Waals surface area contributed by atoms with Crippen molar-refractivity contribution in [3.05, 3.63) is 0 Å². The number of rotatable bonds is 1. The molecular weight excluding hydrogens is 158 g/mol. The Morgan fingerprint density at radius 2 is 1.91 bits per heavy atom. The van der Waals surface area contributed by atoms with E-state index in [1.807, 2.05) is 0 Å². The summed E-state index contributed by atoms with van der Waals surface area (Å²) in [4.78, 5) is 11.3. The Bertz CT molecular complexity index is 141. The lowest BCUT2D eigenvalue weighted by atomic mass is 9.89. The number of amides is 1. The van der Waals surface area contributed by atoms with Crippen LogP contribution >= 0.6 is 12.8 Å². The third-order valence-corrected chi connectivity index (χ3v) is 2.47. The number of hydrogen-bond donors (Lipinski definition) is 1. The number of thiol groups is 1. The average molecular weight is 173 g/mol. The van der Waals surface area contributed by atoms with Gasteiger partial charge in [-0.2, -0.15) is 0 Å². The first-order chi connectivity index (χ1) is 5.22. The molecule has 64 valence electrons. The third kappa shape index (κ3) is 2.40. The van der Waals surface area contributed by atoms with Crippen molar-refractivity contribution in [2.75, 3.05) is 7.05 Å². The molecule has 0 bridgehead atoms. The summed E-state index contributed by atoms with van der Waals surface area (Å²) in [5.41, 5.74) is 0. The van der Waals surface area contributed by atoms with Crippen LogP contribution in [0.4, 0.5) is 0 Å². The fourth-order valence-corrected chi connectivity index (χ4v) is 1.78. The first-order valence-electron chi connectivity index (χ1n) is 4.18. The Balaban J connectivity index is 2.39. The van der Waals surface area contributed by atoms with E-state index in [1.54, 1.807) is 7.05 Å². The maximum absolute atomic E-state index is 11.3. The first kappa shape index (κ1) is 8.91. The van der Waals surface area contributed by atoms with Crippen molar-refractivity contribution in [1.29, 1.82) is 0 Å². The molecule has 1 amide bonds. The Morgan fingerprint density at radius 1 is 1.36 bits per heavy atom. The maximum atomic E-state index is 11.3. The lowest BCUT2D eigenvalue weighted by molar-refractivity contribution is -0.130. The second-order valence-corrected chi connectivity index (χ2v) is 3.80. The molecule has 1 saturated carbocycles. The Hall–Kier alpha value is -0.180. The number of hydrogen-bond acceptors (Lipinski definition) is 2. The molecule has 0 aromatic carbocycles. The van der Waals surface area contributed by atoms with E-state index in [4.69, 9.17) is 0 Å². The van der Waals surface area contributed by atoms with Gasteiger partial charge in [0.25, 0.3) is 0 Å². The van der Waals surface area contributed by atoms with E-state index < -0.39 is 0 Å². The quantitative estimate of drug-likeness (QED) is 0.600. The third-order valence-electron chi connectivity index (χ3n) is 2.27. The minimum atomic E-state index is 0.188. The first-order valence-corrected chi connectivity index (χ1v) is 4.58. The van der Waals surface area contributed by atoms with Crippen molar-refractivity contribution in [1.82, 2.24) is 4.31 Å². The SMILES string of the molecule is CN(S)C(=O)C1CCCCC1. The van der Waals surface area contributed by atoms with Gasteiger partial charge in [-0.05, 0) is 12.8 Å². The van der Waals surface area contributed by atoms with Crippen LogP contribution in [0.25, 0.3) is 0 Å². The zero-order valence-corrected chi connectivity index (χ0v) is 7.81. The van der Waals surface area contributed by atoms with Gasteiger partial charge in [0, 0.05) is 13.0 Å². The van der Waals surface area contributed by atoms with Gasteiger partial charge in [-0.3, -0.25) is 9.10 Å². The zero-order chi connectivity index (χ0) is 8.27. The van der Waals surface area contributed by atoms with Crippen LogP contribution < -0.4 is 0 Å². The van der Waals surface area contributed by atoms with Crippen LogP contribution in [-0.2, 0) is 4.79 Å². The van der Waals surface area contributed by atoms with E-state index in [-0.39, 0.29) is 11.8 Å². The Labute approximate surface area is 73.5 Å². The molecule has 1 aliphatic rings. The maximum Gasteiger partial charge on any atom is 0.235 e. The van der Waals surface area contributed by atoms with E-state index in [2.05, 4.69) is 12.8 Å². The van der Waals surface area contributed by atoms with Crippen molar-refractivity contribution in [3.63, 3.8) is 0 Å². The molecule has 0 aliphatic heterocycles. The number of nitrogens with zero attached hydrogens (tertiary/aromatic N) is 1. The highest BCUT2D eigenvalue weighted by molar-refractivity contribution is 7.78. The van der Waals surface area contributed by atoms with Crippen LogP contribution in [0.1, 0.15) is 32.1 Å². The van der Waals surface area contributed by atoms with Crippen LogP contribution in [-0.4, -0.2) is 17.3 Å². The molecule has 1 fully saturated rings. The summed E-state index contributed by atoms with van der Waals surface area (Å²) in [5.74, 6) is 0.444. The molecule has 2 nitrogen and oxygen atoms in total. The largest absolute Gasteiger partial charge is 0.292 e. The normalized spacial score (nSPS) is 19.8. The Kier molecular flexibility index (Phi) is 3.24. The lowest BCUT2D eigenvalue weighted by Crippen LogP contribution is -2.27. The summed E-state index contributed by atoms with van der Waals surface area (Å²) < 4.78 is 1.41. The van der Waals surface area contributed by atoms with E-state index in [0.29, 0.717) is 0 Å². The number of carbonyl (C=O) groups excluding carboxylic acids is 1. The molecule has 0 heterocycles. The van der Waals surface area contributed by atoms with E-state index in [0.717, 1.165) is 12.8 Å². The molecule has 0 spiro atoms. The fraction of sp³-hybridized carbons (Fsp3) is 0.875. The van der Waals surface area contributed by atoms with Gasteiger partial charge in [-0.1, -0.05) is 32.1 Å². The molecule has 1 rings (SSSR count). The van der Waals surface area contributed by atoms with Gasteiger partial charge in [0.2, 0.25) is 5.91 Å². The van der Waals surface area contributed by atoms with E-state index in [9.17, 15) is 4.79 Å². The molecule has 0 N–H and O–H groups in total. The molecule has 0 unspecified atom stereocenters. The molecule has 11 heavy (non-hydrogen) atoms. The molecule has 0 radical (unpaired) electrons. The van der Waals surface area contributed by atoms with Crippen LogP contribution in [0.2, 0.25) is 0 Å². The highest BCUT2D eigenvalue weighted by Gasteiger charge is 2.22. The van der Waals surface area contributed by atoms with Gasteiger partial charge in [-0.15, -0.1) is 0 Å². The molecule has 0 atom stereocenters. The van der Waals surface area contributed by atoms with Crippen molar-refractivity contribution >= 4 is 18.7 Å². The molecule has 0 saturated heterocycles. The summed E-state index contributed by atoms with van der Waals surface area (Å²) >= 11 is 3.99. The van der Waals surface area contributed by atoms with Crippen LogP contribution in [0.15, 0.2) is 0 Å². The molecule has 3 heteroatoms. The lowest BCUT2D eigenvalue weighted by Gasteiger charge is -2.22. The predicted molar refractivity (Wildman–Crippen MR) is 48.3 cm³/mol. The second kappa shape index (κ2) is 4.00. The summed E-state index contributed by atoms with van der Waals surface area (Å²) in [6.07, 6.45) is 5.82. The van der Waals surface area contributed by atoms with Crippen LogP contribution in [0.3, 0.4) is 0 Å². The van der Waals surface area contributed by atoms with Gasteiger partial charge < -0.3 is 0 Å². The summed E-state index contributed by atoms with van der Waals surface area (Å²) in [5, 5.41) is 0. The highest BCUT2D eigenvalue weighted by atomic mass is 32.1. The van der Waals surface area contributed by atoms with Gasteiger partial charge in [0.05, 0.1) is 0 Å². The monoisotopic (exact) mass is 173 g/mol. The predicted octanol–water partition coefficient (Wildman–Crippen LogP) is 1.87. The highest BCUT2D eigenvalue weighted by Crippen LogP contribution is 2.25. The van der Waals surface area contributed by atoms with Crippen LogP contribution in [0, 0.1) is 5.92 Å². The minimum absolute atomic E-state index is 0.188. The van der Waals surface area contributed by atoms with Crippen molar-refractivity contribution in [2.24, 2.45) is 5.92 Å². The summed E-state index contributed by atoms with van der Waals surface area (Å²) in [7, 11) is 1.71. The Morgan fingerprint density at radius 3 is 2.36 bits per heavy atom. The molecule has 0 aromatic rings. The summed E-state index contributed by atoms with van der Waals surface area (Å²) in [6, 6.07) is 0. The van der Waals surface area contributed by atoms with Gasteiger partial charge >= 0.3 is 0 Å². The van der Waals surface area contributed by atoms with Gasteiger partial charge in [-0.25, -0.2) is 0 Å². The van der Waals surface area contributed by atoms with E-state index >= 15 is 0 Å². The number of carbonyl (C=O) groups is 1. The van der Waals surface area contributed by atoms with Crippen molar-refractivity contribution in [2.45, 2.75) is 32.1 Å². The molecule has 1 aliphatic carbocycles. The molecule has 0 aromatic heterocycles. The zero-order valence-electron chi connectivity index (χ0n) is 6.92. The van der Waals surface area contributed by atoms with Crippen molar-refractivity contribution in [3.8, 4) is 0 Å². The second-order valence-electron chi connectivity index (χ2n) is 3.20. The average Bonchev–Trinajstić information content (AvgIpc) is 2.05. The summed E-state index contributed by atoms with van der Waals surface area (Å²) in [6.45, 7) is 0. The fourth-order valence-electron chi connectivity index (χ4n) is 1.61. The van der Waals surface area contributed by atoms with E-state index in [1.165, 1.54) is 23.6 Å². The standard InChI is InChI=1S/C8H15NOS/c1-9(11)8(10)7-5-3-2-4-6-7/h7,11H,2-6H2,1H3. The van der Waals surface area contributed by atoms with Gasteiger partial charge in [0.15, 0.2) is 0 Å². The van der Waals surface area contributed by atoms with Gasteiger partial charge in [0.1, 0.15) is 0 Å². The minimum Gasteiger partial charge on any atom is -0.292 e.